The Balaban J connectivity index is 2.60. The summed E-state index contributed by atoms with van der Waals surface area (Å²) in [5.41, 5.74) is 3.26. The van der Waals surface area contributed by atoms with Gasteiger partial charge in [-0.1, -0.05) is 30.7 Å². The molecule has 96 valence electrons. The largest absolute Gasteiger partial charge is 0.395 e. The first-order valence-electron chi connectivity index (χ1n) is 6.18. The van der Waals surface area contributed by atoms with Gasteiger partial charge in [0.05, 0.1) is 12.7 Å². The molecular formula is C14H23NO2. The first-order valence-corrected chi connectivity index (χ1v) is 6.18. The average molecular weight is 237 g/mol. The lowest BCUT2D eigenvalue weighted by Gasteiger charge is -2.19. The maximum atomic E-state index is 10.1. The van der Waals surface area contributed by atoms with Crippen LogP contribution in [0.4, 0.5) is 0 Å². The van der Waals surface area contributed by atoms with Crippen LogP contribution in [0.25, 0.3) is 0 Å². The van der Waals surface area contributed by atoms with Crippen LogP contribution in [0.1, 0.15) is 36.1 Å². The maximum absolute atomic E-state index is 10.1. The standard InChI is InChI=1S/C14H23NO2/c1-4-12(9-16)15-8-14(17)13-6-5-10(2)7-11(13)3/h5-7,12,14-17H,4,8-9H2,1-3H3. The minimum absolute atomic E-state index is 0.0652. The van der Waals surface area contributed by atoms with Crippen LogP contribution >= 0.6 is 0 Å². The molecule has 1 aromatic rings. The molecule has 0 spiro atoms. The first kappa shape index (κ1) is 14.2. The highest BCUT2D eigenvalue weighted by molar-refractivity contribution is 5.32. The van der Waals surface area contributed by atoms with Gasteiger partial charge in [-0.3, -0.25) is 0 Å². The molecule has 0 saturated heterocycles. The van der Waals surface area contributed by atoms with Crippen LogP contribution in [0.5, 0.6) is 0 Å². The van der Waals surface area contributed by atoms with Gasteiger partial charge < -0.3 is 15.5 Å². The van der Waals surface area contributed by atoms with Crippen molar-refractivity contribution in [3.63, 3.8) is 0 Å². The quantitative estimate of drug-likeness (QED) is 0.706. The summed E-state index contributed by atoms with van der Waals surface area (Å²) in [5, 5.41) is 22.3. The summed E-state index contributed by atoms with van der Waals surface area (Å²) in [6.07, 6.45) is 0.340. The molecule has 2 unspecified atom stereocenters. The molecule has 0 heterocycles. The van der Waals surface area contributed by atoms with Gasteiger partial charge in [-0.25, -0.2) is 0 Å². The van der Waals surface area contributed by atoms with E-state index in [9.17, 15) is 5.11 Å². The summed E-state index contributed by atoms with van der Waals surface area (Å²) in [5.74, 6) is 0. The van der Waals surface area contributed by atoms with Gasteiger partial charge in [0.25, 0.3) is 0 Å². The van der Waals surface area contributed by atoms with Crippen LogP contribution < -0.4 is 5.32 Å². The summed E-state index contributed by atoms with van der Waals surface area (Å²) < 4.78 is 0. The van der Waals surface area contributed by atoms with E-state index < -0.39 is 6.10 Å². The van der Waals surface area contributed by atoms with Gasteiger partial charge in [-0.2, -0.15) is 0 Å². The lowest BCUT2D eigenvalue weighted by atomic mass is 10.0. The van der Waals surface area contributed by atoms with E-state index in [1.54, 1.807) is 0 Å². The minimum Gasteiger partial charge on any atom is -0.395 e. The van der Waals surface area contributed by atoms with Crippen molar-refractivity contribution in [2.24, 2.45) is 0 Å². The number of benzene rings is 1. The molecule has 1 rings (SSSR count). The molecule has 0 radical (unpaired) electrons. The van der Waals surface area contributed by atoms with E-state index in [0.717, 1.165) is 17.5 Å². The number of aliphatic hydroxyl groups excluding tert-OH is 2. The number of aryl methyl sites for hydroxylation is 2. The van der Waals surface area contributed by atoms with Gasteiger partial charge in [0.15, 0.2) is 0 Å². The van der Waals surface area contributed by atoms with Crippen molar-refractivity contribution in [3.8, 4) is 0 Å². The lowest BCUT2D eigenvalue weighted by molar-refractivity contribution is 0.157. The summed E-state index contributed by atoms with van der Waals surface area (Å²) >= 11 is 0. The predicted octanol–water partition coefficient (Wildman–Crippen LogP) is 1.70. The van der Waals surface area contributed by atoms with E-state index in [1.807, 2.05) is 32.9 Å². The second-order valence-corrected chi connectivity index (χ2v) is 4.57. The fourth-order valence-corrected chi connectivity index (χ4v) is 1.93. The van der Waals surface area contributed by atoms with Crippen molar-refractivity contribution >= 4 is 0 Å². The number of nitrogens with one attached hydrogen (secondary N) is 1. The number of rotatable bonds is 6. The average Bonchev–Trinajstić information content (AvgIpc) is 2.30. The molecule has 2 atom stereocenters. The molecule has 0 fully saturated rings. The number of aliphatic hydroxyl groups is 2. The molecule has 17 heavy (non-hydrogen) atoms. The van der Waals surface area contributed by atoms with E-state index in [4.69, 9.17) is 5.11 Å². The summed E-state index contributed by atoms with van der Waals surface area (Å²) in [6, 6.07) is 6.11. The Bertz CT molecular complexity index is 348. The van der Waals surface area contributed by atoms with E-state index in [0.29, 0.717) is 6.54 Å². The Morgan fingerprint density at radius 1 is 1.29 bits per heavy atom. The fourth-order valence-electron chi connectivity index (χ4n) is 1.93. The van der Waals surface area contributed by atoms with Crippen LogP contribution in [0.3, 0.4) is 0 Å². The topological polar surface area (TPSA) is 52.5 Å². The Kier molecular flexibility index (Phi) is 5.62. The van der Waals surface area contributed by atoms with Gasteiger partial charge >= 0.3 is 0 Å². The van der Waals surface area contributed by atoms with Crippen LogP contribution in [-0.2, 0) is 0 Å². The van der Waals surface area contributed by atoms with Crippen molar-refractivity contribution in [1.29, 1.82) is 0 Å². The summed E-state index contributed by atoms with van der Waals surface area (Å²) in [7, 11) is 0. The monoisotopic (exact) mass is 237 g/mol. The third kappa shape index (κ3) is 4.11. The van der Waals surface area contributed by atoms with Crippen LogP contribution in [0.15, 0.2) is 18.2 Å². The molecular weight excluding hydrogens is 214 g/mol. The van der Waals surface area contributed by atoms with Gasteiger partial charge in [0, 0.05) is 12.6 Å². The molecule has 0 aromatic heterocycles. The molecule has 0 saturated carbocycles. The minimum atomic E-state index is -0.517. The van der Waals surface area contributed by atoms with E-state index in [-0.39, 0.29) is 12.6 Å². The Morgan fingerprint density at radius 2 is 2.00 bits per heavy atom. The smallest absolute Gasteiger partial charge is 0.0917 e. The molecule has 1 aromatic carbocycles. The SMILES string of the molecule is CCC(CO)NCC(O)c1ccc(C)cc1C. The molecule has 0 aliphatic rings. The molecule has 3 heteroatoms. The van der Waals surface area contributed by atoms with Crippen LogP contribution in [-0.4, -0.2) is 29.4 Å². The zero-order chi connectivity index (χ0) is 12.8. The molecule has 0 aliphatic heterocycles. The van der Waals surface area contributed by atoms with Crippen molar-refractivity contribution in [1.82, 2.24) is 5.32 Å². The van der Waals surface area contributed by atoms with Crippen LogP contribution in [0, 0.1) is 13.8 Å². The van der Waals surface area contributed by atoms with Gasteiger partial charge in [0.2, 0.25) is 0 Å². The van der Waals surface area contributed by atoms with Gasteiger partial charge in [0.1, 0.15) is 0 Å². The lowest BCUT2D eigenvalue weighted by Crippen LogP contribution is -2.35. The Hall–Kier alpha value is -0.900. The van der Waals surface area contributed by atoms with Crippen LogP contribution in [0.2, 0.25) is 0 Å². The Labute approximate surface area is 103 Å². The highest BCUT2D eigenvalue weighted by Crippen LogP contribution is 2.18. The van der Waals surface area contributed by atoms with Crippen molar-refractivity contribution in [2.75, 3.05) is 13.2 Å². The number of hydrogen-bond acceptors (Lipinski definition) is 3. The zero-order valence-corrected chi connectivity index (χ0v) is 10.9. The molecule has 0 amide bonds. The molecule has 0 aliphatic carbocycles. The van der Waals surface area contributed by atoms with E-state index in [1.165, 1.54) is 5.56 Å². The third-order valence-electron chi connectivity index (χ3n) is 3.10. The van der Waals surface area contributed by atoms with Gasteiger partial charge in [-0.15, -0.1) is 0 Å². The normalized spacial score (nSPS) is 14.6. The summed E-state index contributed by atoms with van der Waals surface area (Å²) in [4.78, 5) is 0. The molecule has 0 bridgehead atoms. The molecule has 3 nitrogen and oxygen atoms in total. The Morgan fingerprint density at radius 3 is 2.53 bits per heavy atom. The first-order chi connectivity index (χ1) is 8.08. The second kappa shape index (κ2) is 6.74. The highest BCUT2D eigenvalue weighted by atomic mass is 16.3. The van der Waals surface area contributed by atoms with Gasteiger partial charge in [-0.05, 0) is 31.4 Å². The third-order valence-corrected chi connectivity index (χ3v) is 3.10. The van der Waals surface area contributed by atoms with Crippen molar-refractivity contribution in [3.05, 3.63) is 34.9 Å². The maximum Gasteiger partial charge on any atom is 0.0917 e. The van der Waals surface area contributed by atoms with E-state index in [2.05, 4.69) is 11.4 Å². The summed E-state index contributed by atoms with van der Waals surface area (Å²) in [6.45, 7) is 6.64. The number of hydrogen-bond donors (Lipinski definition) is 3. The highest BCUT2D eigenvalue weighted by Gasteiger charge is 2.12. The van der Waals surface area contributed by atoms with E-state index >= 15 is 0 Å². The van der Waals surface area contributed by atoms with Crippen molar-refractivity contribution < 1.29 is 10.2 Å². The fraction of sp³-hybridized carbons (Fsp3) is 0.571. The zero-order valence-electron chi connectivity index (χ0n) is 10.9. The van der Waals surface area contributed by atoms with Crippen molar-refractivity contribution in [2.45, 2.75) is 39.3 Å². The molecule has 3 N–H and O–H groups in total. The second-order valence-electron chi connectivity index (χ2n) is 4.57. The predicted molar refractivity (Wildman–Crippen MR) is 70.0 cm³/mol.